The summed E-state index contributed by atoms with van der Waals surface area (Å²) >= 11 is 5.42. The van der Waals surface area contributed by atoms with Crippen molar-refractivity contribution in [3.05, 3.63) is 21.9 Å². The highest BCUT2D eigenvalue weighted by atomic mass is 79.9. The number of aryl methyl sites for hydroxylation is 1. The van der Waals surface area contributed by atoms with Crippen LogP contribution in [0.4, 0.5) is 0 Å². The number of hydrogen-bond acceptors (Lipinski definition) is 2. The second-order valence-electron chi connectivity index (χ2n) is 4.21. The zero-order valence-electron chi connectivity index (χ0n) is 10.3. The number of halogens is 1. The average Bonchev–Trinajstić information content (AvgIpc) is 2.72. The summed E-state index contributed by atoms with van der Waals surface area (Å²) in [4.78, 5) is 5.43. The highest BCUT2D eigenvalue weighted by Gasteiger charge is 2.02. The van der Waals surface area contributed by atoms with Crippen LogP contribution in [0.3, 0.4) is 0 Å². The Kier molecular flexibility index (Phi) is 7.33. The summed E-state index contributed by atoms with van der Waals surface area (Å²) in [6.07, 6.45) is 5.11. The van der Waals surface area contributed by atoms with Gasteiger partial charge < -0.3 is 4.90 Å². The third-order valence-corrected chi connectivity index (χ3v) is 4.44. The predicted octanol–water partition coefficient (Wildman–Crippen LogP) is 4.31. The first kappa shape index (κ1) is 14.2. The quantitative estimate of drug-likeness (QED) is 0.511. The third kappa shape index (κ3) is 5.46. The molecule has 0 radical (unpaired) electrons. The van der Waals surface area contributed by atoms with Crippen LogP contribution in [0.25, 0.3) is 0 Å². The molecule has 16 heavy (non-hydrogen) atoms. The van der Waals surface area contributed by atoms with Gasteiger partial charge in [-0.2, -0.15) is 0 Å². The van der Waals surface area contributed by atoms with E-state index in [1.54, 1.807) is 0 Å². The van der Waals surface area contributed by atoms with Crippen molar-refractivity contribution in [3.8, 4) is 0 Å². The number of rotatable bonds is 8. The zero-order valence-corrected chi connectivity index (χ0v) is 12.7. The molecule has 0 bridgehead atoms. The fourth-order valence-electron chi connectivity index (χ4n) is 1.70. The van der Waals surface area contributed by atoms with Crippen LogP contribution >= 0.6 is 27.3 Å². The Morgan fingerprint density at radius 2 is 1.94 bits per heavy atom. The molecule has 3 heteroatoms. The van der Waals surface area contributed by atoms with E-state index in [4.69, 9.17) is 0 Å². The van der Waals surface area contributed by atoms with Crippen molar-refractivity contribution in [2.45, 2.75) is 39.2 Å². The fraction of sp³-hybridized carbons (Fsp3) is 0.692. The van der Waals surface area contributed by atoms with Crippen molar-refractivity contribution < 1.29 is 0 Å². The minimum atomic E-state index is 1.11. The summed E-state index contributed by atoms with van der Waals surface area (Å²) in [7, 11) is 2.22. The minimum absolute atomic E-state index is 1.11. The first-order valence-electron chi connectivity index (χ1n) is 6.08. The number of alkyl halides is 1. The van der Waals surface area contributed by atoms with E-state index in [2.05, 4.69) is 46.9 Å². The van der Waals surface area contributed by atoms with Gasteiger partial charge in [0.05, 0.1) is 0 Å². The lowest BCUT2D eigenvalue weighted by molar-refractivity contribution is 0.321. The van der Waals surface area contributed by atoms with Crippen molar-refractivity contribution >= 4 is 27.3 Å². The molecule has 0 amide bonds. The average molecular weight is 304 g/mol. The summed E-state index contributed by atoms with van der Waals surface area (Å²) in [5, 5.41) is 1.14. The van der Waals surface area contributed by atoms with Gasteiger partial charge in [0, 0.05) is 21.6 Å². The van der Waals surface area contributed by atoms with Gasteiger partial charge in [-0.25, -0.2) is 0 Å². The van der Waals surface area contributed by atoms with Gasteiger partial charge in [-0.3, -0.25) is 0 Å². The second kappa shape index (κ2) is 8.26. The molecule has 0 N–H and O–H groups in total. The van der Waals surface area contributed by atoms with Crippen LogP contribution in [-0.2, 0) is 13.0 Å². The molecule has 0 spiro atoms. The Hall–Kier alpha value is 0.140. The molecule has 1 heterocycles. The van der Waals surface area contributed by atoms with E-state index in [-0.39, 0.29) is 0 Å². The van der Waals surface area contributed by atoms with E-state index in [1.807, 2.05) is 11.3 Å². The molecule has 92 valence electrons. The van der Waals surface area contributed by atoms with E-state index in [9.17, 15) is 0 Å². The van der Waals surface area contributed by atoms with Gasteiger partial charge in [0.1, 0.15) is 0 Å². The van der Waals surface area contributed by atoms with Gasteiger partial charge in [0.2, 0.25) is 0 Å². The zero-order chi connectivity index (χ0) is 11.8. The maximum atomic E-state index is 3.47. The molecule has 0 unspecified atom stereocenters. The Labute approximate surface area is 112 Å². The highest BCUT2D eigenvalue weighted by Crippen LogP contribution is 2.18. The first-order valence-corrected chi connectivity index (χ1v) is 8.02. The van der Waals surface area contributed by atoms with Crippen molar-refractivity contribution in [3.63, 3.8) is 0 Å². The first-order chi connectivity index (χ1) is 7.76. The predicted molar refractivity (Wildman–Crippen MR) is 77.7 cm³/mol. The highest BCUT2D eigenvalue weighted by molar-refractivity contribution is 9.09. The topological polar surface area (TPSA) is 3.24 Å². The number of nitrogens with zero attached hydrogens (tertiary/aromatic N) is 1. The van der Waals surface area contributed by atoms with Gasteiger partial charge in [-0.1, -0.05) is 29.3 Å². The monoisotopic (exact) mass is 303 g/mol. The number of thiophene rings is 1. The molecule has 0 aliphatic carbocycles. The molecular weight excluding hydrogens is 282 g/mol. The Bertz CT molecular complexity index is 285. The minimum Gasteiger partial charge on any atom is -0.301 e. The van der Waals surface area contributed by atoms with Crippen LogP contribution in [0.15, 0.2) is 12.1 Å². The molecule has 0 atom stereocenters. The molecule has 1 aromatic heterocycles. The van der Waals surface area contributed by atoms with E-state index >= 15 is 0 Å². The van der Waals surface area contributed by atoms with Gasteiger partial charge in [-0.15, -0.1) is 11.3 Å². The molecular formula is C13H22BrNS. The Morgan fingerprint density at radius 1 is 1.19 bits per heavy atom. The largest absolute Gasteiger partial charge is 0.301 e. The lowest BCUT2D eigenvalue weighted by atomic mass is 10.2. The standard InChI is InChI=1S/C13H22BrNS/c1-3-12-7-8-13(16-12)11-15(2)10-6-4-5-9-14/h7-8H,3-6,9-11H2,1-2H3. The van der Waals surface area contributed by atoms with Crippen LogP contribution in [-0.4, -0.2) is 23.8 Å². The van der Waals surface area contributed by atoms with Crippen LogP contribution in [0.1, 0.15) is 35.9 Å². The molecule has 1 nitrogen and oxygen atoms in total. The molecule has 0 fully saturated rings. The molecule has 1 rings (SSSR count). The smallest absolute Gasteiger partial charge is 0.0324 e. The molecule has 0 saturated carbocycles. The van der Waals surface area contributed by atoms with E-state index in [1.165, 1.54) is 42.0 Å². The normalized spacial score (nSPS) is 11.2. The van der Waals surface area contributed by atoms with Crippen LogP contribution in [0.5, 0.6) is 0 Å². The third-order valence-electron chi connectivity index (χ3n) is 2.66. The van der Waals surface area contributed by atoms with Gasteiger partial charge in [-0.05, 0) is 45.0 Å². The summed E-state index contributed by atoms with van der Waals surface area (Å²) in [5.74, 6) is 0. The molecule has 0 aromatic carbocycles. The maximum Gasteiger partial charge on any atom is 0.0324 e. The van der Waals surface area contributed by atoms with E-state index in [0.717, 1.165) is 11.9 Å². The molecule has 0 aliphatic rings. The van der Waals surface area contributed by atoms with Gasteiger partial charge in [0.15, 0.2) is 0 Å². The Balaban J connectivity index is 2.20. The number of hydrogen-bond donors (Lipinski definition) is 0. The summed E-state index contributed by atoms with van der Waals surface area (Å²) in [6, 6.07) is 4.54. The van der Waals surface area contributed by atoms with Crippen molar-refractivity contribution in [2.24, 2.45) is 0 Å². The summed E-state index contributed by atoms with van der Waals surface area (Å²) < 4.78 is 0. The molecule has 0 aliphatic heterocycles. The molecule has 0 saturated heterocycles. The maximum absolute atomic E-state index is 3.47. The van der Waals surface area contributed by atoms with Crippen LogP contribution < -0.4 is 0 Å². The summed E-state index contributed by atoms with van der Waals surface area (Å²) in [5.41, 5.74) is 0. The number of unbranched alkanes of at least 4 members (excludes halogenated alkanes) is 2. The molecule has 1 aromatic rings. The van der Waals surface area contributed by atoms with Crippen LogP contribution in [0, 0.1) is 0 Å². The van der Waals surface area contributed by atoms with E-state index in [0.29, 0.717) is 0 Å². The fourth-order valence-corrected chi connectivity index (χ4v) is 3.13. The van der Waals surface area contributed by atoms with Gasteiger partial charge >= 0.3 is 0 Å². The van der Waals surface area contributed by atoms with Crippen molar-refractivity contribution in [1.29, 1.82) is 0 Å². The lowest BCUT2D eigenvalue weighted by Crippen LogP contribution is -2.18. The SMILES string of the molecule is CCc1ccc(CN(C)CCCCCBr)s1. The summed E-state index contributed by atoms with van der Waals surface area (Å²) in [6.45, 7) is 4.55. The van der Waals surface area contributed by atoms with Gasteiger partial charge in [0.25, 0.3) is 0 Å². The van der Waals surface area contributed by atoms with Crippen molar-refractivity contribution in [2.75, 3.05) is 18.9 Å². The van der Waals surface area contributed by atoms with E-state index < -0.39 is 0 Å². The lowest BCUT2D eigenvalue weighted by Gasteiger charge is -2.15. The Morgan fingerprint density at radius 3 is 2.56 bits per heavy atom. The van der Waals surface area contributed by atoms with Crippen molar-refractivity contribution in [1.82, 2.24) is 4.90 Å². The second-order valence-corrected chi connectivity index (χ2v) is 6.25. The van der Waals surface area contributed by atoms with Crippen LogP contribution in [0.2, 0.25) is 0 Å².